The van der Waals surface area contributed by atoms with Crippen molar-refractivity contribution in [1.82, 2.24) is 10.2 Å². The van der Waals surface area contributed by atoms with Crippen molar-refractivity contribution in [3.63, 3.8) is 0 Å². The van der Waals surface area contributed by atoms with E-state index in [1.807, 2.05) is 6.26 Å². The van der Waals surface area contributed by atoms with Crippen LogP contribution in [-0.2, 0) is 0 Å². The molecule has 0 unspecified atom stereocenters. The number of phenolic OH excluding ortho intramolecular Hbond substituents is 2. The molecule has 0 fully saturated rings. The van der Waals surface area contributed by atoms with E-state index in [1.165, 1.54) is 53.1 Å². The van der Waals surface area contributed by atoms with E-state index < -0.39 is 0 Å². The second kappa shape index (κ2) is 4.94. The van der Waals surface area contributed by atoms with Gasteiger partial charge in [-0.25, -0.2) is 0 Å². The molecule has 1 heterocycles. The topological polar surface area (TPSA) is 66.2 Å². The molecule has 0 aliphatic carbocycles. The number of benzene rings is 1. The Morgan fingerprint density at radius 3 is 2.62 bits per heavy atom. The minimum atomic E-state index is 0.120. The van der Waals surface area contributed by atoms with Crippen LogP contribution in [0.1, 0.15) is 0 Å². The molecule has 0 saturated carbocycles. The van der Waals surface area contributed by atoms with Gasteiger partial charge in [0.15, 0.2) is 8.68 Å². The number of aromatic nitrogens is 2. The number of nitrogens with zero attached hydrogens (tertiary/aromatic N) is 2. The molecule has 2 aromatic rings. The minimum Gasteiger partial charge on any atom is -0.508 e. The highest BCUT2D eigenvalue weighted by Gasteiger charge is 2.09. The first kappa shape index (κ1) is 11.6. The Kier molecular flexibility index (Phi) is 3.57. The summed E-state index contributed by atoms with van der Waals surface area (Å²) in [6, 6.07) is 4.39. The van der Waals surface area contributed by atoms with Crippen LogP contribution in [0.15, 0.2) is 31.8 Å². The SMILES string of the molecule is CSc1nnc(Sc2cc(O)ccc2O)s1. The second-order valence-electron chi connectivity index (χ2n) is 2.79. The van der Waals surface area contributed by atoms with E-state index in [2.05, 4.69) is 10.2 Å². The number of hydrogen-bond acceptors (Lipinski definition) is 7. The van der Waals surface area contributed by atoms with Gasteiger partial charge in [0, 0.05) is 0 Å². The molecule has 1 aromatic carbocycles. The van der Waals surface area contributed by atoms with E-state index in [0.29, 0.717) is 4.90 Å². The van der Waals surface area contributed by atoms with Gasteiger partial charge in [0.25, 0.3) is 0 Å². The average molecular weight is 272 g/mol. The van der Waals surface area contributed by atoms with Gasteiger partial charge in [-0.05, 0) is 24.5 Å². The molecule has 84 valence electrons. The molecule has 0 aliphatic rings. The summed E-state index contributed by atoms with van der Waals surface area (Å²) >= 11 is 4.27. The van der Waals surface area contributed by atoms with Gasteiger partial charge in [0.2, 0.25) is 0 Å². The Morgan fingerprint density at radius 2 is 1.94 bits per heavy atom. The molecule has 1 aromatic heterocycles. The molecule has 0 radical (unpaired) electrons. The monoisotopic (exact) mass is 272 g/mol. The summed E-state index contributed by atoms with van der Waals surface area (Å²) in [6.45, 7) is 0. The van der Waals surface area contributed by atoms with Gasteiger partial charge >= 0.3 is 0 Å². The van der Waals surface area contributed by atoms with Crippen molar-refractivity contribution in [3.8, 4) is 11.5 Å². The Morgan fingerprint density at radius 1 is 1.19 bits per heavy atom. The predicted octanol–water partition coefficient (Wildman–Crippen LogP) is 2.82. The van der Waals surface area contributed by atoms with Crippen LogP contribution in [0.25, 0.3) is 0 Å². The molecule has 0 saturated heterocycles. The Labute approximate surface area is 105 Å². The van der Waals surface area contributed by atoms with Crippen molar-refractivity contribution in [2.24, 2.45) is 0 Å². The Balaban J connectivity index is 2.22. The van der Waals surface area contributed by atoms with Crippen LogP contribution in [0.3, 0.4) is 0 Å². The first-order chi connectivity index (χ1) is 7.69. The van der Waals surface area contributed by atoms with Gasteiger partial charge in [0.05, 0.1) is 4.90 Å². The molecular formula is C9H8N2O2S3. The van der Waals surface area contributed by atoms with Crippen molar-refractivity contribution in [3.05, 3.63) is 18.2 Å². The maximum atomic E-state index is 9.58. The summed E-state index contributed by atoms with van der Waals surface area (Å²) in [5.41, 5.74) is 0. The second-order valence-corrected chi connectivity index (χ2v) is 6.11. The lowest BCUT2D eigenvalue weighted by Crippen LogP contribution is -1.75. The van der Waals surface area contributed by atoms with Gasteiger partial charge in [-0.3, -0.25) is 0 Å². The maximum absolute atomic E-state index is 9.58. The Bertz CT molecular complexity index is 501. The quantitative estimate of drug-likeness (QED) is 0.661. The van der Waals surface area contributed by atoms with E-state index in [-0.39, 0.29) is 11.5 Å². The number of thioether (sulfide) groups is 1. The largest absolute Gasteiger partial charge is 0.508 e. The number of hydrogen-bond donors (Lipinski definition) is 2. The van der Waals surface area contributed by atoms with Crippen LogP contribution in [0.4, 0.5) is 0 Å². The van der Waals surface area contributed by atoms with Gasteiger partial charge in [-0.2, -0.15) is 0 Å². The van der Waals surface area contributed by atoms with Crippen LogP contribution >= 0.6 is 34.9 Å². The van der Waals surface area contributed by atoms with Crippen molar-refractivity contribution in [2.75, 3.05) is 6.26 Å². The van der Waals surface area contributed by atoms with Gasteiger partial charge < -0.3 is 10.2 Å². The molecule has 4 nitrogen and oxygen atoms in total. The minimum absolute atomic E-state index is 0.120. The lowest BCUT2D eigenvalue weighted by molar-refractivity contribution is 0.448. The highest BCUT2D eigenvalue weighted by molar-refractivity contribution is 8.03. The van der Waals surface area contributed by atoms with Crippen molar-refractivity contribution in [2.45, 2.75) is 13.6 Å². The summed E-state index contributed by atoms with van der Waals surface area (Å²) in [4.78, 5) is 0.573. The average Bonchev–Trinajstić information content (AvgIpc) is 2.71. The molecule has 2 rings (SSSR count). The van der Waals surface area contributed by atoms with Crippen molar-refractivity contribution >= 4 is 34.9 Å². The first-order valence-electron chi connectivity index (χ1n) is 4.26. The third kappa shape index (κ3) is 2.60. The molecule has 2 N–H and O–H groups in total. The fourth-order valence-corrected chi connectivity index (χ4v) is 3.46. The first-order valence-corrected chi connectivity index (χ1v) is 7.12. The zero-order valence-electron chi connectivity index (χ0n) is 8.25. The third-order valence-electron chi connectivity index (χ3n) is 1.70. The Hall–Kier alpha value is -0.920. The van der Waals surface area contributed by atoms with E-state index in [4.69, 9.17) is 0 Å². The number of phenols is 2. The van der Waals surface area contributed by atoms with Gasteiger partial charge in [-0.15, -0.1) is 10.2 Å². The third-order valence-corrected chi connectivity index (χ3v) is 4.70. The molecule has 0 aliphatic heterocycles. The summed E-state index contributed by atoms with van der Waals surface area (Å²) in [7, 11) is 0. The van der Waals surface area contributed by atoms with Gasteiger partial charge in [-0.1, -0.05) is 34.9 Å². The van der Waals surface area contributed by atoms with E-state index in [1.54, 1.807) is 0 Å². The molecule has 0 atom stereocenters. The molecule has 16 heavy (non-hydrogen) atoms. The lowest BCUT2D eigenvalue weighted by Gasteiger charge is -2.01. The highest BCUT2D eigenvalue weighted by Crippen LogP contribution is 2.38. The van der Waals surface area contributed by atoms with Crippen molar-refractivity contribution in [1.29, 1.82) is 0 Å². The van der Waals surface area contributed by atoms with Crippen LogP contribution in [0.2, 0.25) is 0 Å². The molecule has 0 amide bonds. The fraction of sp³-hybridized carbons (Fsp3) is 0.111. The number of aromatic hydroxyl groups is 2. The highest BCUT2D eigenvalue weighted by atomic mass is 32.2. The predicted molar refractivity (Wildman–Crippen MR) is 65.6 cm³/mol. The van der Waals surface area contributed by atoms with E-state index >= 15 is 0 Å². The molecule has 0 bridgehead atoms. The van der Waals surface area contributed by atoms with E-state index in [0.717, 1.165) is 8.68 Å². The van der Waals surface area contributed by atoms with Crippen LogP contribution in [-0.4, -0.2) is 26.7 Å². The smallest absolute Gasteiger partial charge is 0.180 e. The van der Waals surface area contributed by atoms with Crippen molar-refractivity contribution < 1.29 is 10.2 Å². The maximum Gasteiger partial charge on any atom is 0.180 e. The summed E-state index contributed by atoms with van der Waals surface area (Å²) in [5, 5.41) is 26.8. The summed E-state index contributed by atoms with van der Waals surface area (Å²) in [6.07, 6.45) is 1.93. The molecule has 0 spiro atoms. The van der Waals surface area contributed by atoms with Crippen LogP contribution in [0.5, 0.6) is 11.5 Å². The molecular weight excluding hydrogens is 264 g/mol. The molecule has 7 heteroatoms. The fourth-order valence-electron chi connectivity index (χ4n) is 1.000. The zero-order chi connectivity index (χ0) is 11.5. The normalized spacial score (nSPS) is 10.6. The summed E-state index contributed by atoms with van der Waals surface area (Å²) < 4.78 is 1.62. The summed E-state index contributed by atoms with van der Waals surface area (Å²) in [5.74, 6) is 0.249. The van der Waals surface area contributed by atoms with E-state index in [9.17, 15) is 10.2 Å². The zero-order valence-corrected chi connectivity index (χ0v) is 10.7. The lowest BCUT2D eigenvalue weighted by atomic mass is 10.3. The number of rotatable bonds is 3. The van der Waals surface area contributed by atoms with Crippen LogP contribution < -0.4 is 0 Å². The standard InChI is InChI=1S/C9H8N2O2S3/c1-14-8-10-11-9(16-8)15-7-4-5(12)2-3-6(7)13/h2-4,12-13H,1H3. The van der Waals surface area contributed by atoms with Crippen LogP contribution in [0, 0.1) is 0 Å². The van der Waals surface area contributed by atoms with Gasteiger partial charge in [0.1, 0.15) is 11.5 Å².